The van der Waals surface area contributed by atoms with Gasteiger partial charge in [0.2, 0.25) is 0 Å². The van der Waals surface area contributed by atoms with E-state index in [2.05, 4.69) is 10.3 Å². The van der Waals surface area contributed by atoms with Crippen molar-refractivity contribution in [2.75, 3.05) is 12.4 Å². The zero-order valence-electron chi connectivity index (χ0n) is 11.0. The molecule has 2 rings (SSSR count). The number of carbonyl (C=O) groups is 1. The van der Waals surface area contributed by atoms with Gasteiger partial charge in [0.05, 0.1) is 25.0 Å². The molecule has 1 N–H and O–H groups in total. The number of ether oxygens (including phenoxy) is 1. The first kappa shape index (κ1) is 13.1. The number of hydrogen-bond donors (Lipinski definition) is 1. The van der Waals surface area contributed by atoms with Gasteiger partial charge in [-0.2, -0.15) is 0 Å². The van der Waals surface area contributed by atoms with Gasteiger partial charge in [0.15, 0.2) is 5.78 Å². The Balaban J connectivity index is 2.14. The van der Waals surface area contributed by atoms with Crippen molar-refractivity contribution in [1.82, 2.24) is 4.98 Å². The van der Waals surface area contributed by atoms with Crippen molar-refractivity contribution in [2.45, 2.75) is 13.5 Å². The highest BCUT2D eigenvalue weighted by atomic mass is 16.5. The minimum absolute atomic E-state index is 0.0228. The maximum atomic E-state index is 11.3. The molecule has 0 aliphatic rings. The number of anilines is 1. The van der Waals surface area contributed by atoms with E-state index in [0.29, 0.717) is 17.9 Å². The molecular weight excluding hydrogens is 240 g/mol. The number of carbonyl (C=O) groups excluding carboxylic acids is 1. The van der Waals surface area contributed by atoms with Gasteiger partial charge in [-0.05, 0) is 37.3 Å². The fourth-order valence-corrected chi connectivity index (χ4v) is 1.74. The summed E-state index contributed by atoms with van der Waals surface area (Å²) in [5, 5.41) is 3.25. The van der Waals surface area contributed by atoms with E-state index in [0.717, 1.165) is 11.4 Å². The monoisotopic (exact) mass is 256 g/mol. The van der Waals surface area contributed by atoms with E-state index in [1.165, 1.54) is 6.92 Å². The van der Waals surface area contributed by atoms with Crippen LogP contribution in [0.25, 0.3) is 0 Å². The highest BCUT2D eigenvalue weighted by Crippen LogP contribution is 2.26. The molecule has 0 saturated carbocycles. The molecule has 0 amide bonds. The fraction of sp³-hybridized carbons (Fsp3) is 0.200. The van der Waals surface area contributed by atoms with E-state index in [4.69, 9.17) is 4.74 Å². The van der Waals surface area contributed by atoms with Crippen molar-refractivity contribution in [3.05, 3.63) is 53.9 Å². The van der Waals surface area contributed by atoms with E-state index < -0.39 is 0 Å². The third kappa shape index (κ3) is 3.31. The van der Waals surface area contributed by atoms with Crippen molar-refractivity contribution < 1.29 is 9.53 Å². The van der Waals surface area contributed by atoms with Gasteiger partial charge in [0, 0.05) is 11.8 Å². The summed E-state index contributed by atoms with van der Waals surface area (Å²) in [5.74, 6) is 0.679. The smallest absolute Gasteiger partial charge is 0.159 e. The first-order chi connectivity index (χ1) is 9.20. The average Bonchev–Trinajstić information content (AvgIpc) is 2.45. The molecule has 0 radical (unpaired) electrons. The lowest BCUT2D eigenvalue weighted by atomic mass is 10.1. The summed E-state index contributed by atoms with van der Waals surface area (Å²) in [6.45, 7) is 2.15. The summed E-state index contributed by atoms with van der Waals surface area (Å²) < 4.78 is 5.29. The Labute approximate surface area is 112 Å². The van der Waals surface area contributed by atoms with Gasteiger partial charge in [-0.25, -0.2) is 0 Å². The van der Waals surface area contributed by atoms with Gasteiger partial charge >= 0.3 is 0 Å². The molecule has 1 heterocycles. The standard InChI is InChI=1S/C15H16N2O2/c1-11(18)12-6-7-14(15(9-12)19-2)17-10-13-5-3-4-8-16-13/h3-9,17H,10H2,1-2H3. The van der Waals surface area contributed by atoms with Crippen molar-refractivity contribution in [3.8, 4) is 5.75 Å². The molecule has 0 bridgehead atoms. The molecule has 0 saturated heterocycles. The SMILES string of the molecule is COc1cc(C(C)=O)ccc1NCc1ccccn1. The van der Waals surface area contributed by atoms with Crippen LogP contribution in [0.5, 0.6) is 5.75 Å². The Kier molecular flexibility index (Phi) is 4.13. The van der Waals surface area contributed by atoms with Crippen LogP contribution in [0, 0.1) is 0 Å². The van der Waals surface area contributed by atoms with Gasteiger partial charge in [-0.1, -0.05) is 6.07 Å². The predicted octanol–water partition coefficient (Wildman–Crippen LogP) is 2.90. The summed E-state index contributed by atoms with van der Waals surface area (Å²) in [6, 6.07) is 11.1. The van der Waals surface area contributed by atoms with Gasteiger partial charge in [0.25, 0.3) is 0 Å². The largest absolute Gasteiger partial charge is 0.495 e. The van der Waals surface area contributed by atoms with Crippen molar-refractivity contribution in [2.24, 2.45) is 0 Å². The molecule has 0 fully saturated rings. The van der Waals surface area contributed by atoms with E-state index >= 15 is 0 Å². The number of methoxy groups -OCH3 is 1. The molecular formula is C15H16N2O2. The number of nitrogens with zero attached hydrogens (tertiary/aromatic N) is 1. The van der Waals surface area contributed by atoms with Gasteiger partial charge < -0.3 is 10.1 Å². The number of hydrogen-bond acceptors (Lipinski definition) is 4. The topological polar surface area (TPSA) is 51.2 Å². The second kappa shape index (κ2) is 6.00. The zero-order valence-corrected chi connectivity index (χ0v) is 11.0. The number of benzene rings is 1. The number of rotatable bonds is 5. The van der Waals surface area contributed by atoms with Crippen LogP contribution in [-0.2, 0) is 6.54 Å². The first-order valence-electron chi connectivity index (χ1n) is 6.03. The van der Waals surface area contributed by atoms with E-state index in [1.54, 1.807) is 25.4 Å². The zero-order chi connectivity index (χ0) is 13.7. The molecule has 0 spiro atoms. The van der Waals surface area contributed by atoms with Crippen LogP contribution in [0.2, 0.25) is 0 Å². The summed E-state index contributed by atoms with van der Waals surface area (Å²) >= 11 is 0. The molecule has 19 heavy (non-hydrogen) atoms. The molecule has 2 aromatic rings. The molecule has 0 aliphatic heterocycles. The number of aromatic nitrogens is 1. The van der Waals surface area contributed by atoms with E-state index in [1.807, 2.05) is 24.3 Å². The number of pyridine rings is 1. The second-order valence-electron chi connectivity index (χ2n) is 4.15. The second-order valence-corrected chi connectivity index (χ2v) is 4.15. The Hall–Kier alpha value is -2.36. The number of Topliss-reactive ketones (excluding diaryl/α,β-unsaturated/α-hetero) is 1. The minimum atomic E-state index is 0.0228. The molecule has 1 aromatic carbocycles. The average molecular weight is 256 g/mol. The Morgan fingerprint density at radius 3 is 2.79 bits per heavy atom. The highest BCUT2D eigenvalue weighted by molar-refractivity contribution is 5.95. The van der Waals surface area contributed by atoms with Crippen LogP contribution >= 0.6 is 0 Å². The van der Waals surface area contributed by atoms with Crippen LogP contribution in [0.1, 0.15) is 23.0 Å². The van der Waals surface area contributed by atoms with Gasteiger partial charge in [0.1, 0.15) is 5.75 Å². The lowest BCUT2D eigenvalue weighted by Gasteiger charge is -2.11. The highest BCUT2D eigenvalue weighted by Gasteiger charge is 2.07. The Morgan fingerprint density at radius 2 is 2.16 bits per heavy atom. The molecule has 0 aliphatic carbocycles. The lowest BCUT2D eigenvalue weighted by Crippen LogP contribution is -2.04. The maximum Gasteiger partial charge on any atom is 0.159 e. The van der Waals surface area contributed by atoms with E-state index in [-0.39, 0.29) is 5.78 Å². The van der Waals surface area contributed by atoms with Crippen molar-refractivity contribution in [3.63, 3.8) is 0 Å². The van der Waals surface area contributed by atoms with Crippen LogP contribution in [-0.4, -0.2) is 17.9 Å². The first-order valence-corrected chi connectivity index (χ1v) is 6.03. The quantitative estimate of drug-likeness (QED) is 0.836. The minimum Gasteiger partial charge on any atom is -0.495 e. The van der Waals surface area contributed by atoms with Crippen molar-refractivity contribution >= 4 is 11.5 Å². The Morgan fingerprint density at radius 1 is 1.32 bits per heavy atom. The van der Waals surface area contributed by atoms with Crippen LogP contribution in [0.15, 0.2) is 42.6 Å². The fourth-order valence-electron chi connectivity index (χ4n) is 1.74. The van der Waals surface area contributed by atoms with Crippen molar-refractivity contribution in [1.29, 1.82) is 0 Å². The maximum absolute atomic E-state index is 11.3. The third-order valence-corrected chi connectivity index (χ3v) is 2.79. The summed E-state index contributed by atoms with van der Waals surface area (Å²) in [7, 11) is 1.59. The Bertz CT molecular complexity index is 568. The molecule has 4 heteroatoms. The summed E-state index contributed by atoms with van der Waals surface area (Å²) in [5.41, 5.74) is 2.43. The molecule has 98 valence electrons. The molecule has 4 nitrogen and oxygen atoms in total. The van der Waals surface area contributed by atoms with Gasteiger partial charge in [-0.15, -0.1) is 0 Å². The number of ketones is 1. The summed E-state index contributed by atoms with van der Waals surface area (Å²) in [6.07, 6.45) is 1.76. The third-order valence-electron chi connectivity index (χ3n) is 2.79. The van der Waals surface area contributed by atoms with Crippen LogP contribution in [0.3, 0.4) is 0 Å². The summed E-state index contributed by atoms with van der Waals surface area (Å²) in [4.78, 5) is 15.6. The van der Waals surface area contributed by atoms with Gasteiger partial charge in [-0.3, -0.25) is 9.78 Å². The molecule has 0 unspecified atom stereocenters. The molecule has 0 atom stereocenters. The van der Waals surface area contributed by atoms with Crippen LogP contribution < -0.4 is 10.1 Å². The number of nitrogens with one attached hydrogen (secondary N) is 1. The molecule has 1 aromatic heterocycles. The lowest BCUT2D eigenvalue weighted by molar-refractivity contribution is 0.101. The predicted molar refractivity (Wildman–Crippen MR) is 74.6 cm³/mol. The van der Waals surface area contributed by atoms with E-state index in [9.17, 15) is 4.79 Å². The van der Waals surface area contributed by atoms with Crippen LogP contribution in [0.4, 0.5) is 5.69 Å². The normalized spacial score (nSPS) is 10.0.